The molecule has 0 radical (unpaired) electrons. The molecule has 0 atom stereocenters. The van der Waals surface area contributed by atoms with Gasteiger partial charge in [-0.05, 0) is 31.4 Å². The van der Waals surface area contributed by atoms with Gasteiger partial charge < -0.3 is 5.73 Å². The van der Waals surface area contributed by atoms with E-state index < -0.39 is 0 Å². The van der Waals surface area contributed by atoms with Crippen LogP contribution in [-0.2, 0) is 5.41 Å². The van der Waals surface area contributed by atoms with Crippen molar-refractivity contribution in [2.75, 3.05) is 6.54 Å². The Labute approximate surface area is 72.8 Å². The third kappa shape index (κ3) is 1.03. The Bertz CT molecular complexity index is 290. The lowest BCUT2D eigenvalue weighted by molar-refractivity contribution is 0.672. The summed E-state index contributed by atoms with van der Waals surface area (Å²) in [4.78, 5) is 4.40. The van der Waals surface area contributed by atoms with Crippen LogP contribution in [0.1, 0.15) is 24.1 Å². The molecule has 0 spiro atoms. The third-order valence-electron chi connectivity index (χ3n) is 2.76. The molecule has 1 heterocycles. The van der Waals surface area contributed by atoms with Crippen LogP contribution in [0.2, 0.25) is 0 Å². The second-order valence-electron chi connectivity index (χ2n) is 3.65. The number of pyridine rings is 1. The summed E-state index contributed by atoms with van der Waals surface area (Å²) in [5.74, 6) is 0. The molecule has 1 aromatic rings. The Balaban J connectivity index is 2.40. The molecule has 0 unspecified atom stereocenters. The Hall–Kier alpha value is -0.890. The molecule has 0 bridgehead atoms. The van der Waals surface area contributed by atoms with Crippen LogP contribution < -0.4 is 5.73 Å². The summed E-state index contributed by atoms with van der Waals surface area (Å²) in [6.07, 6.45) is 4.28. The minimum Gasteiger partial charge on any atom is -0.330 e. The molecule has 0 aliphatic heterocycles. The van der Waals surface area contributed by atoms with Crippen LogP contribution in [0.5, 0.6) is 0 Å². The first-order chi connectivity index (χ1) is 5.78. The SMILES string of the molecule is Cc1cccnc1C1(CN)CC1. The van der Waals surface area contributed by atoms with Crippen molar-refractivity contribution in [3.63, 3.8) is 0 Å². The minimum atomic E-state index is 0.241. The van der Waals surface area contributed by atoms with E-state index in [1.54, 1.807) is 0 Å². The molecule has 1 saturated carbocycles. The van der Waals surface area contributed by atoms with Crippen LogP contribution in [0.4, 0.5) is 0 Å². The Morgan fingerprint density at radius 1 is 1.58 bits per heavy atom. The van der Waals surface area contributed by atoms with Crippen LogP contribution in [-0.4, -0.2) is 11.5 Å². The summed E-state index contributed by atoms with van der Waals surface area (Å²) in [7, 11) is 0. The maximum absolute atomic E-state index is 5.73. The summed E-state index contributed by atoms with van der Waals surface area (Å²) >= 11 is 0. The summed E-state index contributed by atoms with van der Waals surface area (Å²) in [5.41, 5.74) is 8.46. The van der Waals surface area contributed by atoms with Gasteiger partial charge in [0.05, 0.1) is 5.69 Å². The molecule has 0 amide bonds. The number of hydrogen-bond donors (Lipinski definition) is 1. The fraction of sp³-hybridized carbons (Fsp3) is 0.500. The van der Waals surface area contributed by atoms with E-state index in [1.165, 1.54) is 24.1 Å². The lowest BCUT2D eigenvalue weighted by Crippen LogP contribution is -2.21. The smallest absolute Gasteiger partial charge is 0.0507 e. The second-order valence-corrected chi connectivity index (χ2v) is 3.65. The first kappa shape index (κ1) is 7.74. The highest BCUT2D eigenvalue weighted by Crippen LogP contribution is 2.47. The normalized spacial score (nSPS) is 19.2. The molecule has 0 saturated heterocycles. The van der Waals surface area contributed by atoms with E-state index in [-0.39, 0.29) is 5.41 Å². The van der Waals surface area contributed by atoms with E-state index in [0.29, 0.717) is 0 Å². The highest BCUT2D eigenvalue weighted by Gasteiger charge is 2.44. The minimum absolute atomic E-state index is 0.241. The van der Waals surface area contributed by atoms with Crippen LogP contribution in [0.15, 0.2) is 18.3 Å². The van der Waals surface area contributed by atoms with Crippen LogP contribution >= 0.6 is 0 Å². The number of nitrogens with two attached hydrogens (primary N) is 1. The molecule has 1 fully saturated rings. The van der Waals surface area contributed by atoms with Crippen molar-refractivity contribution in [1.29, 1.82) is 0 Å². The zero-order valence-electron chi connectivity index (χ0n) is 7.38. The van der Waals surface area contributed by atoms with Gasteiger partial charge in [-0.25, -0.2) is 0 Å². The summed E-state index contributed by atoms with van der Waals surface area (Å²) < 4.78 is 0. The number of rotatable bonds is 2. The van der Waals surface area contributed by atoms with Gasteiger partial charge >= 0.3 is 0 Å². The number of aryl methyl sites for hydroxylation is 1. The van der Waals surface area contributed by atoms with E-state index in [2.05, 4.69) is 18.0 Å². The standard InChI is InChI=1S/C10H14N2/c1-8-3-2-6-12-9(8)10(7-11)4-5-10/h2-3,6H,4-5,7,11H2,1H3. The average Bonchev–Trinajstić information content (AvgIpc) is 2.86. The van der Waals surface area contributed by atoms with Gasteiger partial charge in [-0.3, -0.25) is 4.98 Å². The van der Waals surface area contributed by atoms with Crippen molar-refractivity contribution >= 4 is 0 Å². The largest absolute Gasteiger partial charge is 0.330 e. The van der Waals surface area contributed by atoms with Gasteiger partial charge in [0.25, 0.3) is 0 Å². The van der Waals surface area contributed by atoms with Gasteiger partial charge in [-0.2, -0.15) is 0 Å². The first-order valence-corrected chi connectivity index (χ1v) is 4.41. The highest BCUT2D eigenvalue weighted by atomic mass is 14.8. The molecule has 1 aromatic heterocycles. The van der Waals surface area contributed by atoms with Crippen molar-refractivity contribution in [2.24, 2.45) is 5.73 Å². The highest BCUT2D eigenvalue weighted by molar-refractivity contribution is 5.32. The van der Waals surface area contributed by atoms with Crippen molar-refractivity contribution < 1.29 is 0 Å². The molecule has 2 nitrogen and oxygen atoms in total. The lowest BCUT2D eigenvalue weighted by atomic mass is 9.98. The number of aromatic nitrogens is 1. The quantitative estimate of drug-likeness (QED) is 0.713. The van der Waals surface area contributed by atoms with Gasteiger partial charge in [0.2, 0.25) is 0 Å². The third-order valence-corrected chi connectivity index (χ3v) is 2.76. The molecule has 2 heteroatoms. The van der Waals surface area contributed by atoms with E-state index in [0.717, 1.165) is 6.54 Å². The van der Waals surface area contributed by atoms with Gasteiger partial charge in [0, 0.05) is 18.2 Å². The number of nitrogens with zero attached hydrogens (tertiary/aromatic N) is 1. The average molecular weight is 162 g/mol. The van der Waals surface area contributed by atoms with Crippen molar-refractivity contribution in [1.82, 2.24) is 4.98 Å². The summed E-state index contributed by atoms with van der Waals surface area (Å²) in [6.45, 7) is 2.85. The molecule has 2 rings (SSSR count). The van der Waals surface area contributed by atoms with Crippen LogP contribution in [0.3, 0.4) is 0 Å². The first-order valence-electron chi connectivity index (χ1n) is 4.41. The summed E-state index contributed by atoms with van der Waals surface area (Å²) in [5, 5.41) is 0. The van der Waals surface area contributed by atoms with E-state index >= 15 is 0 Å². The van der Waals surface area contributed by atoms with Gasteiger partial charge in [0.15, 0.2) is 0 Å². The van der Waals surface area contributed by atoms with Gasteiger partial charge in [-0.15, -0.1) is 0 Å². The maximum Gasteiger partial charge on any atom is 0.0507 e. The molecule has 2 N–H and O–H groups in total. The molecule has 0 aromatic carbocycles. The maximum atomic E-state index is 5.73. The number of hydrogen-bond acceptors (Lipinski definition) is 2. The molecule has 1 aliphatic rings. The molecule has 1 aliphatic carbocycles. The monoisotopic (exact) mass is 162 g/mol. The van der Waals surface area contributed by atoms with Crippen LogP contribution in [0, 0.1) is 6.92 Å². The fourth-order valence-corrected chi connectivity index (χ4v) is 1.73. The Morgan fingerprint density at radius 3 is 2.83 bits per heavy atom. The van der Waals surface area contributed by atoms with Crippen molar-refractivity contribution in [2.45, 2.75) is 25.2 Å². The zero-order chi connectivity index (χ0) is 8.60. The Morgan fingerprint density at radius 2 is 2.33 bits per heavy atom. The predicted octanol–water partition coefficient (Wildman–Crippen LogP) is 1.38. The van der Waals surface area contributed by atoms with Crippen LogP contribution in [0.25, 0.3) is 0 Å². The van der Waals surface area contributed by atoms with E-state index in [1.807, 2.05) is 12.3 Å². The predicted molar refractivity (Wildman–Crippen MR) is 48.9 cm³/mol. The lowest BCUT2D eigenvalue weighted by Gasteiger charge is -2.13. The summed E-state index contributed by atoms with van der Waals surface area (Å²) in [6, 6.07) is 4.09. The van der Waals surface area contributed by atoms with Crippen molar-refractivity contribution in [3.8, 4) is 0 Å². The van der Waals surface area contributed by atoms with E-state index in [4.69, 9.17) is 5.73 Å². The Kier molecular flexibility index (Phi) is 1.65. The van der Waals surface area contributed by atoms with Gasteiger partial charge in [-0.1, -0.05) is 6.07 Å². The van der Waals surface area contributed by atoms with Gasteiger partial charge in [0.1, 0.15) is 0 Å². The molecular formula is C10H14N2. The fourth-order valence-electron chi connectivity index (χ4n) is 1.73. The van der Waals surface area contributed by atoms with Crippen molar-refractivity contribution in [3.05, 3.63) is 29.6 Å². The molecular weight excluding hydrogens is 148 g/mol. The molecule has 12 heavy (non-hydrogen) atoms. The topological polar surface area (TPSA) is 38.9 Å². The van der Waals surface area contributed by atoms with E-state index in [9.17, 15) is 0 Å². The second kappa shape index (κ2) is 2.56. The zero-order valence-corrected chi connectivity index (χ0v) is 7.38. The molecule has 64 valence electrons.